The molecule has 2 fully saturated rings. The quantitative estimate of drug-likeness (QED) is 0.573. The number of fused-ring (bicyclic) bond motifs is 1. The topological polar surface area (TPSA) is 59.4 Å². The van der Waals surface area contributed by atoms with Crippen LogP contribution < -0.4 is 15.0 Å². The molecule has 1 saturated carbocycles. The van der Waals surface area contributed by atoms with Gasteiger partial charge in [0.25, 0.3) is 0 Å². The minimum atomic E-state index is 0.185. The zero-order valence-electron chi connectivity index (χ0n) is 19.7. The van der Waals surface area contributed by atoms with Gasteiger partial charge < -0.3 is 15.0 Å². The smallest absolute Gasteiger partial charge is 0.230 e. The van der Waals surface area contributed by atoms with Gasteiger partial charge in [-0.1, -0.05) is 18.2 Å². The molecule has 0 spiro atoms. The van der Waals surface area contributed by atoms with E-state index in [1.165, 1.54) is 5.56 Å². The second kappa shape index (κ2) is 8.91. The second-order valence-electron chi connectivity index (χ2n) is 9.94. The summed E-state index contributed by atoms with van der Waals surface area (Å²) in [6, 6.07) is 14.3. The van der Waals surface area contributed by atoms with Crippen LogP contribution in [0.15, 0.2) is 54.9 Å². The predicted molar refractivity (Wildman–Crippen MR) is 133 cm³/mol. The van der Waals surface area contributed by atoms with E-state index in [1.54, 1.807) is 0 Å². The minimum absolute atomic E-state index is 0.185. The number of hydrogen-bond acceptors (Lipinski definition) is 4. The molecule has 2 aromatic carbocycles. The molecular formula is C28H32N4O2. The molecule has 3 heterocycles. The van der Waals surface area contributed by atoms with Crippen LogP contribution in [0.5, 0.6) is 11.5 Å². The highest BCUT2D eigenvalue weighted by Crippen LogP contribution is 2.44. The molecule has 6 nitrogen and oxygen atoms in total. The summed E-state index contributed by atoms with van der Waals surface area (Å²) in [6.07, 6.45) is 10.3. The van der Waals surface area contributed by atoms with Crippen molar-refractivity contribution in [3.8, 4) is 17.2 Å². The molecule has 0 radical (unpaired) electrons. The summed E-state index contributed by atoms with van der Waals surface area (Å²) in [4.78, 5) is 15.2. The van der Waals surface area contributed by atoms with Gasteiger partial charge >= 0.3 is 0 Å². The molecule has 6 heteroatoms. The predicted octanol–water partition coefficient (Wildman–Crippen LogP) is 5.21. The van der Waals surface area contributed by atoms with Crippen molar-refractivity contribution in [3.63, 3.8) is 0 Å². The Hall–Kier alpha value is -3.12. The molecule has 1 aromatic heterocycles. The lowest BCUT2D eigenvalue weighted by atomic mass is 9.92. The summed E-state index contributed by atoms with van der Waals surface area (Å²) in [5, 5.41) is 8.20. The average Bonchev–Trinajstić information content (AvgIpc) is 3.61. The summed E-state index contributed by atoms with van der Waals surface area (Å²) in [7, 11) is 0. The fraction of sp³-hybridized carbons (Fsp3) is 0.429. The van der Waals surface area contributed by atoms with Gasteiger partial charge in [0, 0.05) is 23.7 Å². The summed E-state index contributed by atoms with van der Waals surface area (Å²) < 4.78 is 8.51. The van der Waals surface area contributed by atoms with Gasteiger partial charge in [-0.2, -0.15) is 5.10 Å². The number of rotatable bonds is 5. The summed E-state index contributed by atoms with van der Waals surface area (Å²) in [5.41, 5.74) is 4.31. The monoisotopic (exact) mass is 456 g/mol. The van der Waals surface area contributed by atoms with E-state index in [2.05, 4.69) is 30.6 Å². The van der Waals surface area contributed by atoms with Crippen LogP contribution >= 0.6 is 0 Å². The highest BCUT2D eigenvalue weighted by atomic mass is 16.5. The van der Waals surface area contributed by atoms with Crippen molar-refractivity contribution in [2.75, 3.05) is 18.0 Å². The molecule has 34 heavy (non-hydrogen) atoms. The molecule has 3 aliphatic rings. The van der Waals surface area contributed by atoms with Gasteiger partial charge in [0.15, 0.2) is 5.75 Å². The number of piperidine rings is 1. The number of carbonyl (C=O) groups is 1. The van der Waals surface area contributed by atoms with E-state index in [9.17, 15) is 4.79 Å². The lowest BCUT2D eigenvalue weighted by Crippen LogP contribution is -2.43. The molecule has 6 rings (SSSR count). The standard InChI is InChI=1S/C28H32N4O2/c1-19-7-10-24-25(32(19)28(33)21-8-9-21)11-12-26(27(24)34-23-5-3-2-4-6-23)31-18-22(17-30-31)20-13-15-29-16-14-20/h2-6,11-12,17-21,29H,7-10,13-16H2,1H3. The first-order chi connectivity index (χ1) is 16.7. The van der Waals surface area contributed by atoms with Gasteiger partial charge in [0.05, 0.1) is 11.9 Å². The maximum atomic E-state index is 13.2. The number of ether oxygens (including phenoxy) is 1. The van der Waals surface area contributed by atoms with Crippen molar-refractivity contribution >= 4 is 11.6 Å². The molecule has 3 aromatic rings. The van der Waals surface area contributed by atoms with E-state index in [4.69, 9.17) is 9.84 Å². The van der Waals surface area contributed by atoms with E-state index in [1.807, 2.05) is 46.1 Å². The number of aromatic nitrogens is 2. The van der Waals surface area contributed by atoms with E-state index in [-0.39, 0.29) is 17.9 Å². The van der Waals surface area contributed by atoms with Crippen molar-refractivity contribution in [3.05, 3.63) is 66.0 Å². The largest absolute Gasteiger partial charge is 0.455 e. The highest BCUT2D eigenvalue weighted by molar-refractivity contribution is 5.98. The van der Waals surface area contributed by atoms with Gasteiger partial charge in [-0.05, 0) is 94.3 Å². The van der Waals surface area contributed by atoms with Gasteiger partial charge in [-0.3, -0.25) is 4.79 Å². The van der Waals surface area contributed by atoms with E-state index >= 15 is 0 Å². The zero-order valence-corrected chi connectivity index (χ0v) is 19.7. The maximum Gasteiger partial charge on any atom is 0.230 e. The van der Waals surface area contributed by atoms with Gasteiger partial charge in [-0.25, -0.2) is 4.68 Å². The highest BCUT2D eigenvalue weighted by Gasteiger charge is 2.39. The number of nitrogens with one attached hydrogen (secondary N) is 1. The van der Waals surface area contributed by atoms with E-state index in [0.29, 0.717) is 5.92 Å². The Kier molecular flexibility index (Phi) is 5.61. The van der Waals surface area contributed by atoms with Crippen LogP contribution in [0.1, 0.15) is 56.1 Å². The molecule has 1 amide bonds. The second-order valence-corrected chi connectivity index (χ2v) is 9.94. The fourth-order valence-corrected chi connectivity index (χ4v) is 5.39. The summed E-state index contributed by atoms with van der Waals surface area (Å²) >= 11 is 0. The van der Waals surface area contributed by atoms with Crippen molar-refractivity contribution < 1.29 is 9.53 Å². The molecular weight excluding hydrogens is 424 g/mol. The lowest BCUT2D eigenvalue weighted by molar-refractivity contribution is -0.120. The van der Waals surface area contributed by atoms with Crippen LogP contribution in [-0.2, 0) is 11.2 Å². The number of anilines is 1. The molecule has 1 saturated heterocycles. The first kappa shape index (κ1) is 21.4. The van der Waals surface area contributed by atoms with Crippen molar-refractivity contribution in [2.45, 2.75) is 57.4 Å². The molecule has 1 aliphatic carbocycles. The van der Waals surface area contributed by atoms with Crippen LogP contribution in [0.25, 0.3) is 5.69 Å². The Balaban J connectivity index is 1.43. The minimum Gasteiger partial charge on any atom is -0.455 e. The Morgan fingerprint density at radius 2 is 1.76 bits per heavy atom. The Morgan fingerprint density at radius 3 is 2.53 bits per heavy atom. The number of para-hydroxylation sites is 1. The van der Waals surface area contributed by atoms with Gasteiger partial charge in [-0.15, -0.1) is 0 Å². The third-order valence-corrected chi connectivity index (χ3v) is 7.51. The van der Waals surface area contributed by atoms with Crippen molar-refractivity contribution in [1.29, 1.82) is 0 Å². The van der Waals surface area contributed by atoms with Crippen LogP contribution in [0.2, 0.25) is 0 Å². The first-order valence-electron chi connectivity index (χ1n) is 12.7. The van der Waals surface area contributed by atoms with E-state index < -0.39 is 0 Å². The molecule has 1 N–H and O–H groups in total. The Bertz CT molecular complexity index is 1180. The molecule has 176 valence electrons. The van der Waals surface area contributed by atoms with E-state index in [0.717, 1.165) is 80.1 Å². The number of benzene rings is 2. The zero-order chi connectivity index (χ0) is 23.1. The third-order valence-electron chi connectivity index (χ3n) is 7.51. The molecule has 1 atom stereocenters. The van der Waals surface area contributed by atoms with Gasteiger partial charge in [0.1, 0.15) is 11.4 Å². The van der Waals surface area contributed by atoms with Crippen LogP contribution in [0.4, 0.5) is 5.69 Å². The third kappa shape index (κ3) is 4.00. The number of nitrogens with zero attached hydrogens (tertiary/aromatic N) is 3. The normalized spacial score (nSPS) is 20.7. The van der Waals surface area contributed by atoms with Crippen LogP contribution in [0.3, 0.4) is 0 Å². The number of hydrogen-bond donors (Lipinski definition) is 1. The Labute approximate surface area is 200 Å². The summed E-state index contributed by atoms with van der Waals surface area (Å²) in [5.74, 6) is 2.59. The van der Waals surface area contributed by atoms with Crippen molar-refractivity contribution in [2.24, 2.45) is 5.92 Å². The number of carbonyl (C=O) groups excluding carboxylic acids is 1. The maximum absolute atomic E-state index is 13.2. The van der Waals surface area contributed by atoms with Gasteiger partial charge in [0.2, 0.25) is 5.91 Å². The number of amides is 1. The SMILES string of the molecule is CC1CCc2c(ccc(-n3cc(C4CCNCC4)cn3)c2Oc2ccccc2)N1C(=O)C1CC1. The van der Waals surface area contributed by atoms with Crippen LogP contribution in [0, 0.1) is 5.92 Å². The summed E-state index contributed by atoms with van der Waals surface area (Å²) in [6.45, 7) is 4.27. The molecule has 0 bridgehead atoms. The lowest BCUT2D eigenvalue weighted by Gasteiger charge is -2.36. The fourth-order valence-electron chi connectivity index (χ4n) is 5.39. The Morgan fingerprint density at radius 1 is 1.00 bits per heavy atom. The molecule has 2 aliphatic heterocycles. The van der Waals surface area contributed by atoms with Crippen molar-refractivity contribution in [1.82, 2.24) is 15.1 Å². The first-order valence-corrected chi connectivity index (χ1v) is 12.7. The average molecular weight is 457 g/mol. The van der Waals surface area contributed by atoms with Crippen LogP contribution in [-0.4, -0.2) is 34.8 Å². The molecule has 1 unspecified atom stereocenters.